The summed E-state index contributed by atoms with van der Waals surface area (Å²) in [6.45, 7) is 1.96. The third-order valence-electron chi connectivity index (χ3n) is 4.83. The number of nitrogens with zero attached hydrogens (tertiary/aromatic N) is 5. The number of aromatic nitrogens is 4. The smallest absolute Gasteiger partial charge is 0.255 e. The summed E-state index contributed by atoms with van der Waals surface area (Å²) in [7, 11) is 0. The number of halogens is 1. The van der Waals surface area contributed by atoms with E-state index >= 15 is 0 Å². The SMILES string of the molecule is O=C(c1ccc(Cl)cc1NCc1nnnn1-c1ccccc1)N1CCCCC1. The van der Waals surface area contributed by atoms with Gasteiger partial charge < -0.3 is 10.2 Å². The number of likely N-dealkylation sites (tertiary alicyclic amines) is 1. The number of rotatable bonds is 5. The molecule has 1 fully saturated rings. The van der Waals surface area contributed by atoms with Crippen LogP contribution in [0.3, 0.4) is 0 Å². The Labute approximate surface area is 168 Å². The Bertz CT molecular complexity index is 952. The highest BCUT2D eigenvalue weighted by Crippen LogP contribution is 2.24. The van der Waals surface area contributed by atoms with Crippen LogP contribution in [-0.4, -0.2) is 44.1 Å². The van der Waals surface area contributed by atoms with Gasteiger partial charge in [0, 0.05) is 23.8 Å². The van der Waals surface area contributed by atoms with Crippen LogP contribution in [0, 0.1) is 0 Å². The number of hydrogen-bond acceptors (Lipinski definition) is 5. The maximum atomic E-state index is 13.0. The lowest BCUT2D eigenvalue weighted by atomic mass is 10.1. The fourth-order valence-electron chi connectivity index (χ4n) is 3.38. The number of amides is 1. The minimum atomic E-state index is 0.0292. The first kappa shape index (κ1) is 18.4. The first-order valence-electron chi connectivity index (χ1n) is 9.38. The molecule has 0 bridgehead atoms. The number of benzene rings is 2. The number of para-hydroxylation sites is 1. The van der Waals surface area contributed by atoms with E-state index in [4.69, 9.17) is 11.6 Å². The number of hydrogen-bond donors (Lipinski definition) is 1. The second-order valence-electron chi connectivity index (χ2n) is 6.74. The van der Waals surface area contributed by atoms with Crippen LogP contribution in [-0.2, 0) is 6.54 Å². The summed E-state index contributed by atoms with van der Waals surface area (Å²) in [4.78, 5) is 14.9. The van der Waals surface area contributed by atoms with E-state index in [1.165, 1.54) is 6.42 Å². The first-order chi connectivity index (χ1) is 13.7. The van der Waals surface area contributed by atoms with Gasteiger partial charge in [0.15, 0.2) is 5.82 Å². The second kappa shape index (κ2) is 8.39. The van der Waals surface area contributed by atoms with Crippen LogP contribution >= 0.6 is 11.6 Å². The lowest BCUT2D eigenvalue weighted by molar-refractivity contribution is 0.0725. The van der Waals surface area contributed by atoms with Crippen LogP contribution in [0.25, 0.3) is 5.69 Å². The molecule has 0 unspecified atom stereocenters. The Kier molecular flexibility index (Phi) is 5.53. The zero-order valence-electron chi connectivity index (χ0n) is 15.4. The Balaban J connectivity index is 1.55. The highest BCUT2D eigenvalue weighted by atomic mass is 35.5. The predicted molar refractivity (Wildman–Crippen MR) is 108 cm³/mol. The van der Waals surface area contributed by atoms with E-state index < -0.39 is 0 Å². The summed E-state index contributed by atoms with van der Waals surface area (Å²) in [6.07, 6.45) is 3.28. The number of carbonyl (C=O) groups excluding carboxylic acids is 1. The average Bonchev–Trinajstić information content (AvgIpc) is 3.22. The number of carbonyl (C=O) groups is 1. The van der Waals surface area contributed by atoms with Gasteiger partial charge in [0.05, 0.1) is 17.8 Å². The highest BCUT2D eigenvalue weighted by Gasteiger charge is 2.21. The Morgan fingerprint density at radius 1 is 1.07 bits per heavy atom. The molecule has 1 aliphatic heterocycles. The van der Waals surface area contributed by atoms with Crippen molar-refractivity contribution in [2.24, 2.45) is 0 Å². The van der Waals surface area contributed by atoms with Gasteiger partial charge >= 0.3 is 0 Å². The molecule has 2 heterocycles. The Morgan fingerprint density at radius 2 is 1.86 bits per heavy atom. The lowest BCUT2D eigenvalue weighted by Gasteiger charge is -2.27. The van der Waals surface area contributed by atoms with Gasteiger partial charge in [0.2, 0.25) is 0 Å². The standard InChI is InChI=1S/C20H21ClN6O/c21-15-9-10-17(20(28)26-11-5-2-6-12-26)18(13-15)22-14-19-23-24-25-27(19)16-7-3-1-4-8-16/h1,3-4,7-10,13,22H,2,5-6,11-12,14H2. The molecule has 1 aliphatic rings. The zero-order valence-corrected chi connectivity index (χ0v) is 16.1. The van der Waals surface area contributed by atoms with Crippen LogP contribution in [0.2, 0.25) is 5.02 Å². The van der Waals surface area contributed by atoms with Gasteiger partial charge in [-0.1, -0.05) is 29.8 Å². The maximum Gasteiger partial charge on any atom is 0.255 e. The summed E-state index contributed by atoms with van der Waals surface area (Å²) in [5.74, 6) is 0.670. The molecule has 8 heteroatoms. The molecule has 0 spiro atoms. The molecule has 1 N–H and O–H groups in total. The first-order valence-corrected chi connectivity index (χ1v) is 9.75. The summed E-state index contributed by atoms with van der Waals surface area (Å²) in [6, 6.07) is 15.0. The molecule has 0 radical (unpaired) electrons. The van der Waals surface area contributed by atoms with Gasteiger partial charge in [-0.2, -0.15) is 4.68 Å². The maximum absolute atomic E-state index is 13.0. The average molecular weight is 397 g/mol. The fraction of sp³-hybridized carbons (Fsp3) is 0.300. The van der Waals surface area contributed by atoms with E-state index in [-0.39, 0.29) is 5.91 Å². The number of nitrogens with one attached hydrogen (secondary N) is 1. The number of piperidine rings is 1. The fourth-order valence-corrected chi connectivity index (χ4v) is 3.55. The van der Waals surface area contributed by atoms with E-state index in [1.54, 1.807) is 22.9 Å². The molecule has 7 nitrogen and oxygen atoms in total. The monoisotopic (exact) mass is 396 g/mol. The van der Waals surface area contributed by atoms with Crippen LogP contribution in [0.15, 0.2) is 48.5 Å². The zero-order chi connectivity index (χ0) is 19.3. The summed E-state index contributed by atoms with van der Waals surface area (Å²) >= 11 is 6.18. The van der Waals surface area contributed by atoms with Crippen molar-refractivity contribution in [3.63, 3.8) is 0 Å². The number of tetrazole rings is 1. The van der Waals surface area contributed by atoms with Crippen LogP contribution in [0.1, 0.15) is 35.4 Å². The van der Waals surface area contributed by atoms with Crippen molar-refractivity contribution in [2.75, 3.05) is 18.4 Å². The molecular formula is C20H21ClN6O. The molecule has 2 aromatic carbocycles. The van der Waals surface area contributed by atoms with Gasteiger partial charge in [0.25, 0.3) is 5.91 Å². The van der Waals surface area contributed by atoms with Gasteiger partial charge in [-0.25, -0.2) is 0 Å². The van der Waals surface area contributed by atoms with Crippen molar-refractivity contribution in [3.05, 3.63) is 64.9 Å². The second-order valence-corrected chi connectivity index (χ2v) is 7.18. The Hall–Kier alpha value is -2.93. The van der Waals surface area contributed by atoms with Crippen molar-refractivity contribution >= 4 is 23.2 Å². The third kappa shape index (κ3) is 3.99. The number of anilines is 1. The van der Waals surface area contributed by atoms with Crippen molar-refractivity contribution in [2.45, 2.75) is 25.8 Å². The predicted octanol–water partition coefficient (Wildman–Crippen LogP) is 3.55. The van der Waals surface area contributed by atoms with Crippen LogP contribution in [0.5, 0.6) is 0 Å². The summed E-state index contributed by atoms with van der Waals surface area (Å²) < 4.78 is 1.67. The minimum Gasteiger partial charge on any atom is -0.377 e. The molecule has 144 valence electrons. The van der Waals surface area contributed by atoms with E-state index in [0.29, 0.717) is 28.6 Å². The molecule has 4 rings (SSSR count). The quantitative estimate of drug-likeness (QED) is 0.713. The molecule has 1 amide bonds. The van der Waals surface area contributed by atoms with E-state index in [1.807, 2.05) is 35.2 Å². The molecule has 3 aromatic rings. The van der Waals surface area contributed by atoms with Crippen LogP contribution in [0.4, 0.5) is 5.69 Å². The molecule has 28 heavy (non-hydrogen) atoms. The minimum absolute atomic E-state index is 0.0292. The van der Waals surface area contributed by atoms with Gasteiger partial charge in [-0.15, -0.1) is 5.10 Å². The van der Waals surface area contributed by atoms with Gasteiger partial charge in [-0.3, -0.25) is 4.79 Å². The van der Waals surface area contributed by atoms with Crippen molar-refractivity contribution in [3.8, 4) is 5.69 Å². The van der Waals surface area contributed by atoms with Crippen LogP contribution < -0.4 is 5.32 Å². The molecule has 0 atom stereocenters. The van der Waals surface area contributed by atoms with Gasteiger partial charge in [-0.05, 0) is 60.0 Å². The molecular weight excluding hydrogens is 376 g/mol. The van der Waals surface area contributed by atoms with E-state index in [2.05, 4.69) is 20.8 Å². The lowest BCUT2D eigenvalue weighted by Crippen LogP contribution is -2.36. The molecule has 1 aromatic heterocycles. The van der Waals surface area contributed by atoms with Crippen molar-refractivity contribution in [1.29, 1.82) is 0 Å². The Morgan fingerprint density at radius 3 is 2.64 bits per heavy atom. The summed E-state index contributed by atoms with van der Waals surface area (Å²) in [5.41, 5.74) is 2.18. The van der Waals surface area contributed by atoms with E-state index in [0.717, 1.165) is 31.6 Å². The molecule has 0 saturated carbocycles. The molecule has 1 saturated heterocycles. The largest absolute Gasteiger partial charge is 0.377 e. The summed E-state index contributed by atoms with van der Waals surface area (Å²) in [5, 5.41) is 15.8. The molecule has 0 aliphatic carbocycles. The third-order valence-corrected chi connectivity index (χ3v) is 5.06. The topological polar surface area (TPSA) is 75.9 Å². The van der Waals surface area contributed by atoms with E-state index in [9.17, 15) is 4.79 Å². The van der Waals surface area contributed by atoms with Crippen molar-refractivity contribution in [1.82, 2.24) is 25.1 Å². The normalized spacial score (nSPS) is 14.1. The highest BCUT2D eigenvalue weighted by molar-refractivity contribution is 6.31. The van der Waals surface area contributed by atoms with Gasteiger partial charge in [0.1, 0.15) is 0 Å². The van der Waals surface area contributed by atoms with Crippen molar-refractivity contribution < 1.29 is 4.79 Å².